The van der Waals surface area contributed by atoms with Crippen LogP contribution in [0.2, 0.25) is 0 Å². The maximum Gasteiger partial charge on any atom is 0.127 e. The quantitative estimate of drug-likeness (QED) is 0.903. The Labute approximate surface area is 116 Å². The summed E-state index contributed by atoms with van der Waals surface area (Å²) in [5.41, 5.74) is 0.800. The lowest BCUT2D eigenvalue weighted by atomic mass is 9.88. The highest BCUT2D eigenvalue weighted by Gasteiger charge is 2.32. The molecule has 2 atom stereocenters. The van der Waals surface area contributed by atoms with Gasteiger partial charge in [0, 0.05) is 23.1 Å². The fraction of sp³-hybridized carbons (Fsp3) is 0.571. The van der Waals surface area contributed by atoms with E-state index in [0.29, 0.717) is 0 Å². The Hall–Kier alpha value is -0.450. The van der Waals surface area contributed by atoms with Crippen molar-refractivity contribution in [2.45, 2.75) is 13.0 Å². The molecule has 2 saturated heterocycles. The summed E-state index contributed by atoms with van der Waals surface area (Å²) >= 11 is 3.41. The number of nitrogens with zero attached hydrogens (tertiary/aromatic N) is 1. The van der Waals surface area contributed by atoms with Gasteiger partial charge in [-0.25, -0.2) is 4.39 Å². The highest BCUT2D eigenvalue weighted by Crippen LogP contribution is 2.28. The monoisotopic (exact) mass is 312 g/mol. The van der Waals surface area contributed by atoms with E-state index < -0.39 is 0 Å². The summed E-state index contributed by atoms with van der Waals surface area (Å²) in [5.74, 6) is 1.51. The average Bonchev–Trinajstić information content (AvgIpc) is 2.81. The van der Waals surface area contributed by atoms with Crippen molar-refractivity contribution < 1.29 is 4.39 Å². The minimum Gasteiger partial charge on any atom is -0.316 e. The minimum absolute atomic E-state index is 0.0927. The summed E-state index contributed by atoms with van der Waals surface area (Å²) in [7, 11) is 0. The lowest BCUT2D eigenvalue weighted by molar-refractivity contribution is 0.141. The lowest BCUT2D eigenvalue weighted by Gasteiger charge is -2.34. The summed E-state index contributed by atoms with van der Waals surface area (Å²) in [6.45, 7) is 5.22. The molecule has 2 nitrogen and oxygen atoms in total. The molecular formula is C14H18BrFN2. The number of rotatable bonds is 2. The van der Waals surface area contributed by atoms with Crippen LogP contribution >= 0.6 is 15.9 Å². The van der Waals surface area contributed by atoms with E-state index in [1.807, 2.05) is 6.07 Å². The molecule has 0 aliphatic carbocycles. The van der Waals surface area contributed by atoms with Gasteiger partial charge in [0.2, 0.25) is 0 Å². The van der Waals surface area contributed by atoms with E-state index in [9.17, 15) is 4.39 Å². The molecule has 3 rings (SSSR count). The van der Waals surface area contributed by atoms with Gasteiger partial charge in [-0.05, 0) is 56.1 Å². The van der Waals surface area contributed by atoms with Crippen molar-refractivity contribution >= 4 is 15.9 Å². The molecule has 0 saturated carbocycles. The Balaban J connectivity index is 1.67. The molecule has 98 valence electrons. The SMILES string of the molecule is Fc1ccc(Br)cc1CN1CCC2CNCC2C1. The first-order chi connectivity index (χ1) is 8.72. The third-order valence-corrected chi connectivity index (χ3v) is 4.68. The first-order valence-electron chi connectivity index (χ1n) is 6.59. The van der Waals surface area contributed by atoms with Crippen molar-refractivity contribution in [3.63, 3.8) is 0 Å². The first-order valence-corrected chi connectivity index (χ1v) is 7.38. The average molecular weight is 313 g/mol. The molecule has 2 fully saturated rings. The zero-order valence-electron chi connectivity index (χ0n) is 10.3. The standard InChI is InChI=1S/C14H18BrFN2/c15-13-1-2-14(16)11(5-13)8-18-4-3-10-6-17-7-12(10)9-18/h1-2,5,10,12,17H,3-4,6-9H2. The molecule has 0 aromatic heterocycles. The van der Waals surface area contributed by atoms with Crippen LogP contribution in [0.15, 0.2) is 22.7 Å². The van der Waals surface area contributed by atoms with Crippen molar-refractivity contribution in [1.29, 1.82) is 0 Å². The normalized spacial score (nSPS) is 28.3. The molecule has 4 heteroatoms. The van der Waals surface area contributed by atoms with E-state index in [-0.39, 0.29) is 5.82 Å². The third kappa shape index (κ3) is 2.60. The number of nitrogens with one attached hydrogen (secondary N) is 1. The van der Waals surface area contributed by atoms with Gasteiger partial charge in [0.05, 0.1) is 0 Å². The Bertz CT molecular complexity index is 438. The summed E-state index contributed by atoms with van der Waals surface area (Å²) in [5, 5.41) is 3.46. The van der Waals surface area contributed by atoms with Crippen LogP contribution in [0.3, 0.4) is 0 Å². The molecule has 0 spiro atoms. The summed E-state index contributed by atoms with van der Waals surface area (Å²) in [4.78, 5) is 2.39. The van der Waals surface area contributed by atoms with Crippen LogP contribution < -0.4 is 5.32 Å². The van der Waals surface area contributed by atoms with E-state index in [0.717, 1.165) is 48.1 Å². The number of likely N-dealkylation sites (tertiary alicyclic amines) is 1. The number of hydrogen-bond donors (Lipinski definition) is 1. The van der Waals surface area contributed by atoms with Crippen molar-refractivity contribution in [3.05, 3.63) is 34.1 Å². The minimum atomic E-state index is -0.0927. The van der Waals surface area contributed by atoms with Crippen LogP contribution in [0.5, 0.6) is 0 Å². The van der Waals surface area contributed by atoms with Crippen LogP contribution in [0.25, 0.3) is 0 Å². The Kier molecular flexibility index (Phi) is 3.68. The molecule has 1 aromatic carbocycles. The Morgan fingerprint density at radius 2 is 2.17 bits per heavy atom. The Morgan fingerprint density at radius 1 is 1.33 bits per heavy atom. The van der Waals surface area contributed by atoms with Crippen LogP contribution in [0, 0.1) is 17.7 Å². The number of halogens is 2. The highest BCUT2D eigenvalue weighted by atomic mass is 79.9. The fourth-order valence-electron chi connectivity index (χ4n) is 3.16. The zero-order valence-corrected chi connectivity index (χ0v) is 11.9. The van der Waals surface area contributed by atoms with Crippen LogP contribution in [-0.2, 0) is 6.54 Å². The summed E-state index contributed by atoms with van der Waals surface area (Å²) < 4.78 is 14.7. The van der Waals surface area contributed by atoms with Gasteiger partial charge in [-0.2, -0.15) is 0 Å². The van der Waals surface area contributed by atoms with Crippen LogP contribution in [-0.4, -0.2) is 31.1 Å². The summed E-state index contributed by atoms with van der Waals surface area (Å²) in [6.07, 6.45) is 1.24. The predicted molar refractivity (Wildman–Crippen MR) is 73.8 cm³/mol. The molecule has 2 unspecified atom stereocenters. The topological polar surface area (TPSA) is 15.3 Å². The van der Waals surface area contributed by atoms with E-state index in [1.54, 1.807) is 12.1 Å². The lowest BCUT2D eigenvalue weighted by Crippen LogP contribution is -2.39. The maximum absolute atomic E-state index is 13.7. The molecular weight excluding hydrogens is 295 g/mol. The van der Waals surface area contributed by atoms with E-state index in [2.05, 4.69) is 26.1 Å². The molecule has 1 N–H and O–H groups in total. The van der Waals surface area contributed by atoms with E-state index in [1.165, 1.54) is 13.0 Å². The first kappa shape index (κ1) is 12.6. The van der Waals surface area contributed by atoms with Crippen LogP contribution in [0.4, 0.5) is 4.39 Å². The largest absolute Gasteiger partial charge is 0.316 e. The molecule has 2 aliphatic heterocycles. The van der Waals surface area contributed by atoms with Gasteiger partial charge < -0.3 is 5.32 Å². The smallest absolute Gasteiger partial charge is 0.127 e. The van der Waals surface area contributed by atoms with E-state index in [4.69, 9.17) is 0 Å². The van der Waals surface area contributed by atoms with Crippen molar-refractivity contribution in [2.24, 2.45) is 11.8 Å². The van der Waals surface area contributed by atoms with Crippen molar-refractivity contribution in [1.82, 2.24) is 10.2 Å². The van der Waals surface area contributed by atoms with E-state index >= 15 is 0 Å². The number of benzene rings is 1. The van der Waals surface area contributed by atoms with Gasteiger partial charge in [0.25, 0.3) is 0 Å². The van der Waals surface area contributed by atoms with Crippen molar-refractivity contribution in [3.8, 4) is 0 Å². The number of hydrogen-bond acceptors (Lipinski definition) is 2. The fourth-order valence-corrected chi connectivity index (χ4v) is 3.57. The zero-order chi connectivity index (χ0) is 12.5. The summed E-state index contributed by atoms with van der Waals surface area (Å²) in [6, 6.07) is 5.20. The molecule has 0 amide bonds. The van der Waals surface area contributed by atoms with Gasteiger partial charge in [0.1, 0.15) is 5.82 Å². The predicted octanol–water partition coefficient (Wildman–Crippen LogP) is 2.63. The number of fused-ring (bicyclic) bond motifs is 1. The molecule has 2 heterocycles. The third-order valence-electron chi connectivity index (χ3n) is 4.19. The van der Waals surface area contributed by atoms with Crippen molar-refractivity contribution in [2.75, 3.05) is 26.2 Å². The maximum atomic E-state index is 13.7. The molecule has 0 bridgehead atoms. The second-order valence-electron chi connectivity index (χ2n) is 5.44. The van der Waals surface area contributed by atoms with Gasteiger partial charge >= 0.3 is 0 Å². The van der Waals surface area contributed by atoms with Gasteiger partial charge in [-0.15, -0.1) is 0 Å². The van der Waals surface area contributed by atoms with Gasteiger partial charge in [-0.1, -0.05) is 15.9 Å². The van der Waals surface area contributed by atoms with Crippen LogP contribution in [0.1, 0.15) is 12.0 Å². The van der Waals surface area contributed by atoms with Gasteiger partial charge in [-0.3, -0.25) is 4.90 Å². The molecule has 18 heavy (non-hydrogen) atoms. The molecule has 0 radical (unpaired) electrons. The molecule has 1 aromatic rings. The Morgan fingerprint density at radius 3 is 3.06 bits per heavy atom. The highest BCUT2D eigenvalue weighted by molar-refractivity contribution is 9.10. The van der Waals surface area contributed by atoms with Gasteiger partial charge in [0.15, 0.2) is 0 Å². The number of piperidine rings is 1. The second kappa shape index (κ2) is 5.27. The molecule has 2 aliphatic rings. The second-order valence-corrected chi connectivity index (χ2v) is 6.35.